The van der Waals surface area contributed by atoms with Crippen LogP contribution in [0.2, 0.25) is 0 Å². The Morgan fingerprint density at radius 2 is 1.75 bits per heavy atom. The monoisotopic (exact) mass is 176 g/mol. The van der Waals surface area contributed by atoms with Crippen LogP contribution in [0, 0.1) is 0 Å². The number of hydrogen-bond acceptors (Lipinski definition) is 3. The highest BCUT2D eigenvalue weighted by Gasteiger charge is 2.29. The van der Waals surface area contributed by atoms with Crippen LogP contribution in [0.1, 0.15) is 33.1 Å². The molecule has 3 nitrogen and oxygen atoms in total. The maximum Gasteiger partial charge on any atom is 0.165 e. The van der Waals surface area contributed by atoms with Gasteiger partial charge in [-0.15, -0.1) is 0 Å². The van der Waals surface area contributed by atoms with Crippen LogP contribution in [0.15, 0.2) is 0 Å². The molecule has 12 heavy (non-hydrogen) atoms. The Hall–Kier alpha value is -0.120. The SMILES string of the molecule is CCCCC1(C)OCCO1.CO. The van der Waals surface area contributed by atoms with E-state index in [1.807, 2.05) is 6.92 Å². The summed E-state index contributed by atoms with van der Waals surface area (Å²) in [6, 6.07) is 0. The van der Waals surface area contributed by atoms with E-state index in [1.54, 1.807) is 0 Å². The van der Waals surface area contributed by atoms with Crippen LogP contribution in [0.3, 0.4) is 0 Å². The van der Waals surface area contributed by atoms with E-state index in [1.165, 1.54) is 12.8 Å². The summed E-state index contributed by atoms with van der Waals surface area (Å²) in [5.74, 6) is -0.254. The van der Waals surface area contributed by atoms with Gasteiger partial charge in [0.2, 0.25) is 0 Å². The van der Waals surface area contributed by atoms with Crippen LogP contribution in [0.25, 0.3) is 0 Å². The molecule has 1 heterocycles. The van der Waals surface area contributed by atoms with Crippen LogP contribution >= 0.6 is 0 Å². The third-order valence-corrected chi connectivity index (χ3v) is 1.88. The smallest absolute Gasteiger partial charge is 0.165 e. The van der Waals surface area contributed by atoms with E-state index in [4.69, 9.17) is 14.6 Å². The van der Waals surface area contributed by atoms with Gasteiger partial charge in [0.05, 0.1) is 13.2 Å². The van der Waals surface area contributed by atoms with Crippen LogP contribution < -0.4 is 0 Å². The maximum absolute atomic E-state index is 7.00. The molecule has 0 amide bonds. The van der Waals surface area contributed by atoms with Crippen molar-refractivity contribution in [2.24, 2.45) is 0 Å². The number of rotatable bonds is 3. The lowest BCUT2D eigenvalue weighted by Gasteiger charge is -2.21. The summed E-state index contributed by atoms with van der Waals surface area (Å²) in [7, 11) is 1.00. The standard InChI is InChI=1S/C8H16O2.CH4O/c1-3-4-5-8(2)9-6-7-10-8;1-2/h3-7H2,1-2H3;2H,1H3. The Labute approximate surface area is 74.7 Å². The summed E-state index contributed by atoms with van der Waals surface area (Å²) in [4.78, 5) is 0. The average molecular weight is 176 g/mol. The molecule has 1 aliphatic rings. The molecule has 0 aromatic carbocycles. The molecule has 0 aromatic rings. The number of hydrogen-bond donors (Lipinski definition) is 1. The summed E-state index contributed by atoms with van der Waals surface area (Å²) < 4.78 is 10.8. The molecule has 1 rings (SSSR count). The van der Waals surface area contributed by atoms with Gasteiger partial charge in [0, 0.05) is 13.5 Å². The molecular formula is C9H20O3. The molecule has 74 valence electrons. The van der Waals surface area contributed by atoms with Crippen LogP contribution in [-0.2, 0) is 9.47 Å². The summed E-state index contributed by atoms with van der Waals surface area (Å²) in [5, 5.41) is 7.00. The second-order valence-electron chi connectivity index (χ2n) is 2.93. The minimum atomic E-state index is -0.254. The zero-order chi connectivity index (χ0) is 9.45. The van der Waals surface area contributed by atoms with Crippen LogP contribution in [-0.4, -0.2) is 31.2 Å². The van der Waals surface area contributed by atoms with Crippen molar-refractivity contribution in [1.82, 2.24) is 0 Å². The molecule has 1 aliphatic heterocycles. The molecule has 1 fully saturated rings. The highest BCUT2D eigenvalue weighted by molar-refractivity contribution is 4.67. The molecule has 0 bridgehead atoms. The molecule has 1 saturated heterocycles. The topological polar surface area (TPSA) is 38.7 Å². The van der Waals surface area contributed by atoms with Gasteiger partial charge in [-0.25, -0.2) is 0 Å². The van der Waals surface area contributed by atoms with Crippen molar-refractivity contribution >= 4 is 0 Å². The van der Waals surface area contributed by atoms with Gasteiger partial charge in [-0.1, -0.05) is 13.3 Å². The van der Waals surface area contributed by atoms with Gasteiger partial charge in [-0.3, -0.25) is 0 Å². The second kappa shape index (κ2) is 6.40. The normalized spacial score (nSPS) is 20.0. The lowest BCUT2D eigenvalue weighted by atomic mass is 10.1. The minimum absolute atomic E-state index is 0.254. The fourth-order valence-corrected chi connectivity index (χ4v) is 1.20. The number of aliphatic hydroxyl groups excluding tert-OH is 1. The van der Waals surface area contributed by atoms with E-state index in [0.29, 0.717) is 0 Å². The lowest BCUT2D eigenvalue weighted by molar-refractivity contribution is -0.147. The fraction of sp³-hybridized carbons (Fsp3) is 1.00. The summed E-state index contributed by atoms with van der Waals surface area (Å²) >= 11 is 0. The zero-order valence-electron chi connectivity index (χ0n) is 8.30. The van der Waals surface area contributed by atoms with E-state index in [9.17, 15) is 0 Å². The van der Waals surface area contributed by atoms with E-state index in [-0.39, 0.29) is 5.79 Å². The van der Waals surface area contributed by atoms with Crippen molar-refractivity contribution in [3.05, 3.63) is 0 Å². The molecule has 0 radical (unpaired) electrons. The van der Waals surface area contributed by atoms with Crippen molar-refractivity contribution in [2.75, 3.05) is 20.3 Å². The molecule has 1 N–H and O–H groups in total. The molecule has 0 aliphatic carbocycles. The first-order chi connectivity index (χ1) is 5.77. The minimum Gasteiger partial charge on any atom is -0.400 e. The summed E-state index contributed by atoms with van der Waals surface area (Å²) in [6.45, 7) is 5.73. The third-order valence-electron chi connectivity index (χ3n) is 1.88. The largest absolute Gasteiger partial charge is 0.400 e. The first-order valence-corrected chi connectivity index (χ1v) is 4.49. The van der Waals surface area contributed by atoms with Gasteiger partial charge >= 0.3 is 0 Å². The quantitative estimate of drug-likeness (QED) is 0.709. The van der Waals surface area contributed by atoms with E-state index < -0.39 is 0 Å². The van der Waals surface area contributed by atoms with Crippen LogP contribution in [0.4, 0.5) is 0 Å². The van der Waals surface area contributed by atoms with Gasteiger partial charge in [-0.2, -0.15) is 0 Å². The van der Waals surface area contributed by atoms with Gasteiger partial charge < -0.3 is 14.6 Å². The number of aliphatic hydroxyl groups is 1. The van der Waals surface area contributed by atoms with Crippen molar-refractivity contribution in [3.8, 4) is 0 Å². The molecule has 0 unspecified atom stereocenters. The predicted molar refractivity (Wildman–Crippen MR) is 48.0 cm³/mol. The third kappa shape index (κ3) is 4.04. The molecule has 0 saturated carbocycles. The first-order valence-electron chi connectivity index (χ1n) is 4.49. The molecular weight excluding hydrogens is 156 g/mol. The molecule has 0 atom stereocenters. The Morgan fingerprint density at radius 1 is 1.25 bits per heavy atom. The van der Waals surface area contributed by atoms with E-state index in [0.717, 1.165) is 26.7 Å². The van der Waals surface area contributed by atoms with E-state index in [2.05, 4.69) is 6.92 Å². The summed E-state index contributed by atoms with van der Waals surface area (Å²) in [5.41, 5.74) is 0. The van der Waals surface area contributed by atoms with Crippen molar-refractivity contribution < 1.29 is 14.6 Å². The van der Waals surface area contributed by atoms with Crippen molar-refractivity contribution in [2.45, 2.75) is 38.9 Å². The Bertz CT molecular complexity index is 97.9. The molecule has 3 heteroatoms. The maximum atomic E-state index is 7.00. The lowest BCUT2D eigenvalue weighted by Crippen LogP contribution is -2.24. The van der Waals surface area contributed by atoms with Gasteiger partial charge in [0.1, 0.15) is 0 Å². The second-order valence-corrected chi connectivity index (χ2v) is 2.93. The average Bonchev–Trinajstić information content (AvgIpc) is 2.53. The van der Waals surface area contributed by atoms with Gasteiger partial charge in [-0.05, 0) is 13.3 Å². The van der Waals surface area contributed by atoms with Crippen LogP contribution in [0.5, 0.6) is 0 Å². The van der Waals surface area contributed by atoms with E-state index >= 15 is 0 Å². The zero-order valence-corrected chi connectivity index (χ0v) is 8.30. The molecule has 0 aromatic heterocycles. The van der Waals surface area contributed by atoms with Crippen molar-refractivity contribution in [1.29, 1.82) is 0 Å². The Balaban J connectivity index is 0.000000561. The molecule has 0 spiro atoms. The Kier molecular flexibility index (Phi) is 6.34. The van der Waals surface area contributed by atoms with Crippen molar-refractivity contribution in [3.63, 3.8) is 0 Å². The van der Waals surface area contributed by atoms with Gasteiger partial charge in [0.25, 0.3) is 0 Å². The highest BCUT2D eigenvalue weighted by atomic mass is 16.7. The van der Waals surface area contributed by atoms with Gasteiger partial charge in [0.15, 0.2) is 5.79 Å². The number of unbranched alkanes of at least 4 members (excludes halogenated alkanes) is 1. The Morgan fingerprint density at radius 3 is 2.17 bits per heavy atom. The summed E-state index contributed by atoms with van der Waals surface area (Å²) in [6.07, 6.45) is 3.43. The highest BCUT2D eigenvalue weighted by Crippen LogP contribution is 2.24. The fourth-order valence-electron chi connectivity index (χ4n) is 1.20. The number of ether oxygens (including phenoxy) is 2. The predicted octanol–water partition coefficient (Wildman–Crippen LogP) is 1.55. The first kappa shape index (κ1) is 11.9.